The van der Waals surface area contributed by atoms with Gasteiger partial charge in [0.05, 0.1) is 12.9 Å². The SMILES string of the molecule is COc1ccc(-c2nnc(SCC(=O)N3C(C)CCCC3C)n2C2CCCCC2)cc1. The van der Waals surface area contributed by atoms with Crippen LogP contribution in [0.25, 0.3) is 11.4 Å². The van der Waals surface area contributed by atoms with Crippen molar-refractivity contribution < 1.29 is 9.53 Å². The van der Waals surface area contributed by atoms with Crippen LogP contribution in [0.3, 0.4) is 0 Å². The van der Waals surface area contributed by atoms with Crippen molar-refractivity contribution in [3.63, 3.8) is 0 Å². The van der Waals surface area contributed by atoms with Gasteiger partial charge in [0.15, 0.2) is 11.0 Å². The Morgan fingerprint density at radius 3 is 2.32 bits per heavy atom. The second-order valence-corrected chi connectivity index (χ2v) is 9.86. The van der Waals surface area contributed by atoms with E-state index >= 15 is 0 Å². The molecule has 2 aromatic rings. The summed E-state index contributed by atoms with van der Waals surface area (Å²) < 4.78 is 7.60. The number of nitrogens with zero attached hydrogens (tertiary/aromatic N) is 4. The highest BCUT2D eigenvalue weighted by Gasteiger charge is 2.30. The van der Waals surface area contributed by atoms with Gasteiger partial charge in [-0.1, -0.05) is 31.0 Å². The number of amides is 1. The van der Waals surface area contributed by atoms with Crippen molar-refractivity contribution >= 4 is 17.7 Å². The Labute approximate surface area is 189 Å². The lowest BCUT2D eigenvalue weighted by Gasteiger charge is -2.39. The number of ether oxygens (including phenoxy) is 1. The zero-order chi connectivity index (χ0) is 21.8. The van der Waals surface area contributed by atoms with Gasteiger partial charge < -0.3 is 9.64 Å². The molecule has 2 aliphatic rings. The maximum Gasteiger partial charge on any atom is 0.233 e. The second kappa shape index (κ2) is 10.1. The monoisotopic (exact) mass is 442 g/mol. The van der Waals surface area contributed by atoms with Gasteiger partial charge in [-0.05, 0) is 70.2 Å². The molecule has 2 unspecified atom stereocenters. The molecule has 168 valence electrons. The van der Waals surface area contributed by atoms with Gasteiger partial charge in [0.1, 0.15) is 5.75 Å². The molecule has 2 atom stereocenters. The minimum Gasteiger partial charge on any atom is -0.497 e. The molecule has 1 saturated carbocycles. The van der Waals surface area contributed by atoms with Crippen LogP contribution in [0.1, 0.15) is 71.3 Å². The summed E-state index contributed by atoms with van der Waals surface area (Å²) in [6.45, 7) is 4.34. The van der Waals surface area contributed by atoms with E-state index in [2.05, 4.69) is 33.5 Å². The van der Waals surface area contributed by atoms with E-state index in [4.69, 9.17) is 4.74 Å². The molecule has 31 heavy (non-hydrogen) atoms. The normalized spacial score (nSPS) is 22.5. The number of benzene rings is 1. The van der Waals surface area contributed by atoms with Crippen LogP contribution in [0.4, 0.5) is 0 Å². The second-order valence-electron chi connectivity index (χ2n) is 8.92. The summed E-state index contributed by atoms with van der Waals surface area (Å²) in [6, 6.07) is 9.05. The molecule has 1 aliphatic heterocycles. The van der Waals surface area contributed by atoms with Gasteiger partial charge in [0, 0.05) is 23.7 Å². The molecule has 0 N–H and O–H groups in total. The average Bonchev–Trinajstić information content (AvgIpc) is 3.22. The van der Waals surface area contributed by atoms with Crippen molar-refractivity contribution in [2.45, 2.75) is 88.5 Å². The van der Waals surface area contributed by atoms with E-state index in [-0.39, 0.29) is 5.91 Å². The molecule has 2 fully saturated rings. The molecule has 1 amide bonds. The van der Waals surface area contributed by atoms with E-state index in [0.717, 1.165) is 48.0 Å². The quantitative estimate of drug-likeness (QED) is 0.565. The molecule has 6 nitrogen and oxygen atoms in total. The third kappa shape index (κ3) is 4.92. The van der Waals surface area contributed by atoms with Crippen molar-refractivity contribution in [2.75, 3.05) is 12.9 Å². The fourth-order valence-corrected chi connectivity index (χ4v) is 5.97. The smallest absolute Gasteiger partial charge is 0.233 e. The summed E-state index contributed by atoms with van der Waals surface area (Å²) in [5.74, 6) is 2.36. The van der Waals surface area contributed by atoms with Crippen LogP contribution in [0.5, 0.6) is 5.75 Å². The number of hydrogen-bond acceptors (Lipinski definition) is 5. The Kier molecular flexibility index (Phi) is 7.20. The molecular weight excluding hydrogens is 408 g/mol. The van der Waals surface area contributed by atoms with Crippen molar-refractivity contribution in [1.82, 2.24) is 19.7 Å². The molecule has 7 heteroatoms. The van der Waals surface area contributed by atoms with Crippen molar-refractivity contribution in [3.05, 3.63) is 24.3 Å². The lowest BCUT2D eigenvalue weighted by molar-refractivity contribution is -0.134. The van der Waals surface area contributed by atoms with Crippen molar-refractivity contribution in [3.8, 4) is 17.1 Å². The summed E-state index contributed by atoms with van der Waals surface area (Å²) in [5, 5.41) is 9.97. The third-order valence-electron chi connectivity index (χ3n) is 6.76. The largest absolute Gasteiger partial charge is 0.497 e. The first-order chi connectivity index (χ1) is 15.1. The van der Waals surface area contributed by atoms with E-state index in [1.807, 2.05) is 24.3 Å². The van der Waals surface area contributed by atoms with Gasteiger partial charge in [0.25, 0.3) is 0 Å². The van der Waals surface area contributed by atoms with Gasteiger partial charge in [-0.3, -0.25) is 9.36 Å². The average molecular weight is 443 g/mol. The molecule has 4 rings (SSSR count). The molecule has 1 aromatic heterocycles. The first kappa shape index (κ1) is 22.2. The lowest BCUT2D eigenvalue weighted by atomic mass is 9.95. The molecule has 1 saturated heterocycles. The number of thioether (sulfide) groups is 1. The van der Waals surface area contributed by atoms with Gasteiger partial charge in [0.2, 0.25) is 5.91 Å². The van der Waals surface area contributed by atoms with Crippen LogP contribution >= 0.6 is 11.8 Å². The Balaban J connectivity index is 1.56. The van der Waals surface area contributed by atoms with Crippen LogP contribution in [0.15, 0.2) is 29.4 Å². The minimum atomic E-state index is 0.217. The van der Waals surface area contributed by atoms with Crippen LogP contribution in [-0.2, 0) is 4.79 Å². The van der Waals surface area contributed by atoms with E-state index < -0.39 is 0 Å². The Morgan fingerprint density at radius 2 is 1.68 bits per heavy atom. The number of likely N-dealkylation sites (tertiary alicyclic amines) is 1. The van der Waals surface area contributed by atoms with Crippen molar-refractivity contribution in [2.24, 2.45) is 0 Å². The maximum absolute atomic E-state index is 13.1. The predicted molar refractivity (Wildman–Crippen MR) is 124 cm³/mol. The highest BCUT2D eigenvalue weighted by molar-refractivity contribution is 7.99. The van der Waals surface area contributed by atoms with Crippen LogP contribution in [0.2, 0.25) is 0 Å². The Bertz CT molecular complexity index is 866. The van der Waals surface area contributed by atoms with Crippen LogP contribution < -0.4 is 4.74 Å². The topological polar surface area (TPSA) is 60.3 Å². The van der Waals surface area contributed by atoms with E-state index in [9.17, 15) is 4.79 Å². The lowest BCUT2D eigenvalue weighted by Crippen LogP contribution is -2.48. The predicted octanol–water partition coefficient (Wildman–Crippen LogP) is 5.34. The number of carbonyl (C=O) groups is 1. The number of aromatic nitrogens is 3. The highest BCUT2D eigenvalue weighted by Crippen LogP contribution is 2.36. The van der Waals surface area contributed by atoms with Crippen LogP contribution in [0, 0.1) is 0 Å². The van der Waals surface area contributed by atoms with Gasteiger partial charge in [-0.25, -0.2) is 0 Å². The van der Waals surface area contributed by atoms with E-state index in [0.29, 0.717) is 23.9 Å². The summed E-state index contributed by atoms with van der Waals surface area (Å²) >= 11 is 1.54. The molecular formula is C24H34N4O2S. The summed E-state index contributed by atoms with van der Waals surface area (Å²) in [7, 11) is 1.68. The number of carbonyl (C=O) groups excluding carboxylic acids is 1. The summed E-state index contributed by atoms with van der Waals surface area (Å²) in [4.78, 5) is 15.1. The number of hydrogen-bond donors (Lipinski definition) is 0. The molecule has 0 spiro atoms. The minimum absolute atomic E-state index is 0.217. The number of methoxy groups -OCH3 is 1. The zero-order valence-corrected chi connectivity index (χ0v) is 19.7. The van der Waals surface area contributed by atoms with Gasteiger partial charge in [-0.2, -0.15) is 0 Å². The highest BCUT2D eigenvalue weighted by atomic mass is 32.2. The fraction of sp³-hybridized carbons (Fsp3) is 0.625. The summed E-state index contributed by atoms with van der Waals surface area (Å²) in [5.41, 5.74) is 1.04. The first-order valence-corrected chi connectivity index (χ1v) is 12.6. The standard InChI is InChI=1S/C24H34N4O2S/c1-17-8-7-9-18(2)27(17)22(29)16-31-24-26-25-23(19-12-14-21(30-3)15-13-19)28(24)20-10-5-4-6-11-20/h12-15,17-18,20H,4-11,16H2,1-3H3. The summed E-state index contributed by atoms with van der Waals surface area (Å²) in [6.07, 6.45) is 9.45. The van der Waals surface area contributed by atoms with Crippen LogP contribution in [-0.4, -0.2) is 50.5 Å². The fourth-order valence-electron chi connectivity index (χ4n) is 5.09. The molecule has 1 aromatic carbocycles. The molecule has 0 radical (unpaired) electrons. The zero-order valence-electron chi connectivity index (χ0n) is 18.9. The Morgan fingerprint density at radius 1 is 1.00 bits per heavy atom. The molecule has 0 bridgehead atoms. The number of rotatable bonds is 6. The Hall–Kier alpha value is -2.02. The van der Waals surface area contributed by atoms with E-state index in [1.54, 1.807) is 18.9 Å². The first-order valence-electron chi connectivity index (χ1n) is 11.6. The molecule has 2 heterocycles. The van der Waals surface area contributed by atoms with Crippen molar-refractivity contribution in [1.29, 1.82) is 0 Å². The maximum atomic E-state index is 13.1. The number of piperidine rings is 1. The van der Waals surface area contributed by atoms with E-state index in [1.165, 1.54) is 25.7 Å². The third-order valence-corrected chi connectivity index (χ3v) is 7.69. The van der Waals surface area contributed by atoms with Gasteiger partial charge in [-0.15, -0.1) is 10.2 Å². The van der Waals surface area contributed by atoms with Gasteiger partial charge >= 0.3 is 0 Å². The molecule has 1 aliphatic carbocycles.